The van der Waals surface area contributed by atoms with E-state index in [1.54, 1.807) is 12.1 Å². The Labute approximate surface area is 97.0 Å². The number of benzene rings is 1. The lowest BCUT2D eigenvalue weighted by Crippen LogP contribution is -2.14. The van der Waals surface area contributed by atoms with E-state index in [1.807, 2.05) is 32.3 Å². The Bertz CT molecular complexity index is 309. The lowest BCUT2D eigenvalue weighted by Gasteiger charge is -2.09. The van der Waals surface area contributed by atoms with Gasteiger partial charge in [-0.1, -0.05) is 18.2 Å². The van der Waals surface area contributed by atoms with Crippen molar-refractivity contribution < 1.29 is 9.53 Å². The van der Waals surface area contributed by atoms with Crippen LogP contribution in [0.5, 0.6) is 0 Å². The summed E-state index contributed by atoms with van der Waals surface area (Å²) in [6, 6.07) is 9.09. The number of carbonyl (C=O) groups excluding carboxylic acids is 1. The van der Waals surface area contributed by atoms with E-state index >= 15 is 0 Å². The summed E-state index contributed by atoms with van der Waals surface area (Å²) in [5.74, 6) is -0.231. The van der Waals surface area contributed by atoms with Crippen LogP contribution in [-0.2, 0) is 4.74 Å². The highest BCUT2D eigenvalue weighted by Gasteiger charge is 2.04. The van der Waals surface area contributed by atoms with Gasteiger partial charge in [0.05, 0.1) is 12.2 Å². The van der Waals surface area contributed by atoms with Gasteiger partial charge >= 0.3 is 5.97 Å². The van der Waals surface area contributed by atoms with Crippen molar-refractivity contribution in [1.29, 1.82) is 0 Å². The molecule has 3 nitrogen and oxygen atoms in total. The Kier molecular flexibility index (Phi) is 5.57. The molecule has 0 spiro atoms. The van der Waals surface area contributed by atoms with Crippen molar-refractivity contribution in [2.24, 2.45) is 0 Å². The summed E-state index contributed by atoms with van der Waals surface area (Å²) < 4.78 is 5.15. The standard InChI is InChI=1S/C13H19NO2/c1-14(2)10-6-7-11-16-13(15)12-8-4-3-5-9-12/h3-5,8-9H,6-7,10-11H2,1-2H3. The topological polar surface area (TPSA) is 29.5 Å². The third-order valence-electron chi connectivity index (χ3n) is 2.24. The molecule has 0 amide bonds. The van der Waals surface area contributed by atoms with Crippen LogP contribution in [0.15, 0.2) is 30.3 Å². The normalized spacial score (nSPS) is 10.4. The van der Waals surface area contributed by atoms with Crippen molar-refractivity contribution in [2.75, 3.05) is 27.2 Å². The number of esters is 1. The van der Waals surface area contributed by atoms with Crippen LogP contribution in [0, 0.1) is 0 Å². The molecule has 0 heterocycles. The lowest BCUT2D eigenvalue weighted by atomic mass is 10.2. The Morgan fingerprint density at radius 2 is 1.88 bits per heavy atom. The molecule has 88 valence electrons. The molecule has 0 radical (unpaired) electrons. The second-order valence-corrected chi connectivity index (χ2v) is 4.01. The van der Waals surface area contributed by atoms with Crippen LogP contribution < -0.4 is 0 Å². The maximum absolute atomic E-state index is 11.5. The molecule has 0 aliphatic carbocycles. The van der Waals surface area contributed by atoms with Crippen molar-refractivity contribution in [3.63, 3.8) is 0 Å². The number of carbonyl (C=O) groups is 1. The van der Waals surface area contributed by atoms with Crippen molar-refractivity contribution >= 4 is 5.97 Å². The highest BCUT2D eigenvalue weighted by atomic mass is 16.5. The first kappa shape index (κ1) is 12.7. The molecule has 0 saturated carbocycles. The zero-order valence-electron chi connectivity index (χ0n) is 9.98. The monoisotopic (exact) mass is 221 g/mol. The van der Waals surface area contributed by atoms with Crippen LogP contribution in [0.25, 0.3) is 0 Å². The smallest absolute Gasteiger partial charge is 0.338 e. The van der Waals surface area contributed by atoms with E-state index in [0.717, 1.165) is 19.4 Å². The molecule has 0 aromatic heterocycles. The van der Waals surface area contributed by atoms with Crippen LogP contribution >= 0.6 is 0 Å². The van der Waals surface area contributed by atoms with Gasteiger partial charge in [0.15, 0.2) is 0 Å². The summed E-state index contributed by atoms with van der Waals surface area (Å²) in [7, 11) is 4.08. The van der Waals surface area contributed by atoms with Gasteiger partial charge < -0.3 is 9.64 Å². The third-order valence-corrected chi connectivity index (χ3v) is 2.24. The molecule has 1 rings (SSSR count). The molecular formula is C13H19NO2. The Hall–Kier alpha value is -1.35. The quantitative estimate of drug-likeness (QED) is 0.544. The van der Waals surface area contributed by atoms with Gasteiger partial charge in [-0.3, -0.25) is 0 Å². The van der Waals surface area contributed by atoms with Gasteiger partial charge in [-0.25, -0.2) is 4.79 Å². The summed E-state index contributed by atoms with van der Waals surface area (Å²) in [4.78, 5) is 13.6. The van der Waals surface area contributed by atoms with E-state index < -0.39 is 0 Å². The average molecular weight is 221 g/mol. The van der Waals surface area contributed by atoms with Crippen LogP contribution in [0.2, 0.25) is 0 Å². The minimum Gasteiger partial charge on any atom is -0.462 e. The van der Waals surface area contributed by atoms with Gasteiger partial charge in [0, 0.05) is 0 Å². The zero-order chi connectivity index (χ0) is 11.8. The van der Waals surface area contributed by atoms with E-state index in [-0.39, 0.29) is 5.97 Å². The summed E-state index contributed by atoms with van der Waals surface area (Å²) in [5.41, 5.74) is 0.620. The third kappa shape index (κ3) is 4.94. The van der Waals surface area contributed by atoms with Crippen LogP contribution in [0.4, 0.5) is 0 Å². The molecule has 0 saturated heterocycles. The van der Waals surface area contributed by atoms with E-state index in [9.17, 15) is 4.79 Å². The molecule has 0 aliphatic heterocycles. The highest BCUT2D eigenvalue weighted by Crippen LogP contribution is 2.02. The number of nitrogens with zero attached hydrogens (tertiary/aromatic N) is 1. The minimum absolute atomic E-state index is 0.231. The Morgan fingerprint density at radius 3 is 2.50 bits per heavy atom. The predicted molar refractivity (Wildman–Crippen MR) is 64.5 cm³/mol. The molecule has 0 bridgehead atoms. The zero-order valence-corrected chi connectivity index (χ0v) is 9.98. The number of hydrogen-bond acceptors (Lipinski definition) is 3. The number of hydrogen-bond donors (Lipinski definition) is 0. The minimum atomic E-state index is -0.231. The average Bonchev–Trinajstić information content (AvgIpc) is 2.29. The molecule has 1 aromatic rings. The van der Waals surface area contributed by atoms with Crippen LogP contribution in [-0.4, -0.2) is 38.1 Å². The maximum atomic E-state index is 11.5. The number of rotatable bonds is 6. The van der Waals surface area contributed by atoms with Gasteiger partial charge in [0.1, 0.15) is 0 Å². The summed E-state index contributed by atoms with van der Waals surface area (Å²) in [6.45, 7) is 1.53. The van der Waals surface area contributed by atoms with Gasteiger partial charge in [-0.2, -0.15) is 0 Å². The van der Waals surface area contributed by atoms with Gasteiger partial charge in [0.2, 0.25) is 0 Å². The fourth-order valence-corrected chi connectivity index (χ4v) is 1.35. The van der Waals surface area contributed by atoms with Crippen molar-refractivity contribution in [3.8, 4) is 0 Å². The van der Waals surface area contributed by atoms with Crippen molar-refractivity contribution in [1.82, 2.24) is 4.90 Å². The fraction of sp³-hybridized carbons (Fsp3) is 0.462. The van der Waals surface area contributed by atoms with E-state index in [4.69, 9.17) is 4.74 Å². The SMILES string of the molecule is CN(C)CCCCOC(=O)c1ccccc1. The first-order chi connectivity index (χ1) is 7.70. The molecule has 0 fully saturated rings. The van der Waals surface area contributed by atoms with Crippen molar-refractivity contribution in [3.05, 3.63) is 35.9 Å². The fourth-order valence-electron chi connectivity index (χ4n) is 1.35. The largest absolute Gasteiger partial charge is 0.462 e. The molecular weight excluding hydrogens is 202 g/mol. The highest BCUT2D eigenvalue weighted by molar-refractivity contribution is 5.89. The second-order valence-electron chi connectivity index (χ2n) is 4.01. The lowest BCUT2D eigenvalue weighted by molar-refractivity contribution is 0.0496. The summed E-state index contributed by atoms with van der Waals surface area (Å²) in [6.07, 6.45) is 1.96. The summed E-state index contributed by atoms with van der Waals surface area (Å²) >= 11 is 0. The molecule has 0 atom stereocenters. The molecule has 1 aromatic carbocycles. The second kappa shape index (κ2) is 7.01. The number of unbranched alkanes of at least 4 members (excludes halogenated alkanes) is 1. The Balaban J connectivity index is 2.16. The number of ether oxygens (including phenoxy) is 1. The van der Waals surface area contributed by atoms with Gasteiger partial charge in [0.25, 0.3) is 0 Å². The van der Waals surface area contributed by atoms with E-state index in [1.165, 1.54) is 0 Å². The van der Waals surface area contributed by atoms with E-state index in [0.29, 0.717) is 12.2 Å². The molecule has 0 unspecified atom stereocenters. The van der Waals surface area contributed by atoms with Crippen LogP contribution in [0.1, 0.15) is 23.2 Å². The predicted octanol–water partition coefficient (Wildman–Crippen LogP) is 2.19. The molecule has 3 heteroatoms. The Morgan fingerprint density at radius 1 is 1.19 bits per heavy atom. The molecule has 0 N–H and O–H groups in total. The van der Waals surface area contributed by atoms with Gasteiger partial charge in [-0.05, 0) is 45.6 Å². The summed E-state index contributed by atoms with van der Waals surface area (Å²) in [5, 5.41) is 0. The van der Waals surface area contributed by atoms with Gasteiger partial charge in [-0.15, -0.1) is 0 Å². The van der Waals surface area contributed by atoms with E-state index in [2.05, 4.69) is 4.90 Å². The van der Waals surface area contributed by atoms with Crippen LogP contribution in [0.3, 0.4) is 0 Å². The first-order valence-corrected chi connectivity index (χ1v) is 5.57. The maximum Gasteiger partial charge on any atom is 0.338 e. The molecule has 0 aliphatic rings. The van der Waals surface area contributed by atoms with Crippen molar-refractivity contribution in [2.45, 2.75) is 12.8 Å². The molecule has 16 heavy (non-hydrogen) atoms. The first-order valence-electron chi connectivity index (χ1n) is 5.57.